The van der Waals surface area contributed by atoms with Crippen molar-refractivity contribution in [2.24, 2.45) is 0 Å². The summed E-state index contributed by atoms with van der Waals surface area (Å²) in [5, 5.41) is 21.7. The van der Waals surface area contributed by atoms with Gasteiger partial charge in [-0.25, -0.2) is 0 Å². The molecule has 0 heterocycles. The lowest BCUT2D eigenvalue weighted by molar-refractivity contribution is -0.681. The summed E-state index contributed by atoms with van der Waals surface area (Å²) in [7, 11) is 0. The predicted molar refractivity (Wildman–Crippen MR) is 51.4 cm³/mol. The molecule has 0 aromatic carbocycles. The number of hydrogen-bond acceptors (Lipinski definition) is 4. The Morgan fingerprint density at radius 3 is 1.21 bits per heavy atom. The van der Waals surface area contributed by atoms with Crippen molar-refractivity contribution in [3.63, 3.8) is 0 Å². The van der Waals surface area contributed by atoms with Gasteiger partial charge in [0, 0.05) is 36.5 Å². The first-order valence-corrected chi connectivity index (χ1v) is 4.55. The molecule has 6 heteroatoms. The standard InChI is InChI=1S/C8H16N2O4/c1-5-7(3,9(11)12)8(4,6-2)10(13)14/h5-6H2,1-4H3. The highest BCUT2D eigenvalue weighted by Gasteiger charge is 2.62. The molecule has 0 saturated carbocycles. The van der Waals surface area contributed by atoms with E-state index in [0.717, 1.165) is 0 Å². The van der Waals surface area contributed by atoms with Crippen molar-refractivity contribution < 1.29 is 9.85 Å². The van der Waals surface area contributed by atoms with E-state index < -0.39 is 20.9 Å². The van der Waals surface area contributed by atoms with Crippen molar-refractivity contribution in [1.29, 1.82) is 0 Å². The molecule has 0 N–H and O–H groups in total. The third kappa shape index (κ3) is 1.56. The van der Waals surface area contributed by atoms with Gasteiger partial charge < -0.3 is 0 Å². The molecule has 82 valence electrons. The van der Waals surface area contributed by atoms with Crippen LogP contribution in [0.4, 0.5) is 0 Å². The van der Waals surface area contributed by atoms with Crippen molar-refractivity contribution in [1.82, 2.24) is 0 Å². The van der Waals surface area contributed by atoms with Gasteiger partial charge in [-0.3, -0.25) is 20.2 Å². The summed E-state index contributed by atoms with van der Waals surface area (Å²) in [5.41, 5.74) is -3.02. The van der Waals surface area contributed by atoms with Crippen molar-refractivity contribution in [3.05, 3.63) is 20.2 Å². The van der Waals surface area contributed by atoms with Crippen molar-refractivity contribution in [3.8, 4) is 0 Å². The number of rotatable bonds is 5. The maximum absolute atomic E-state index is 10.9. The summed E-state index contributed by atoms with van der Waals surface area (Å²) >= 11 is 0. The molecule has 6 nitrogen and oxygen atoms in total. The highest BCUT2D eigenvalue weighted by Crippen LogP contribution is 2.34. The van der Waals surface area contributed by atoms with Crippen LogP contribution >= 0.6 is 0 Å². The summed E-state index contributed by atoms with van der Waals surface area (Å²) in [4.78, 5) is 20.6. The zero-order valence-corrected chi connectivity index (χ0v) is 8.94. The van der Waals surface area contributed by atoms with Gasteiger partial charge in [0.05, 0.1) is 0 Å². The number of nitrogens with zero attached hydrogens (tertiary/aromatic N) is 2. The first kappa shape index (κ1) is 12.8. The van der Waals surface area contributed by atoms with E-state index >= 15 is 0 Å². The second-order valence-corrected chi connectivity index (χ2v) is 3.77. The Bertz CT molecular complexity index is 230. The molecular weight excluding hydrogens is 188 g/mol. The molecular formula is C8H16N2O4. The van der Waals surface area contributed by atoms with Crippen LogP contribution in [0, 0.1) is 20.2 Å². The molecule has 0 saturated heterocycles. The van der Waals surface area contributed by atoms with Gasteiger partial charge in [-0.15, -0.1) is 0 Å². The van der Waals surface area contributed by atoms with Crippen LogP contribution in [0.25, 0.3) is 0 Å². The van der Waals surface area contributed by atoms with Crippen LogP contribution in [-0.2, 0) is 0 Å². The van der Waals surface area contributed by atoms with Crippen molar-refractivity contribution in [2.75, 3.05) is 0 Å². The smallest absolute Gasteiger partial charge is 0.264 e. The average Bonchev–Trinajstić information content (AvgIpc) is 2.14. The molecule has 0 aliphatic carbocycles. The summed E-state index contributed by atoms with van der Waals surface area (Å²) < 4.78 is 0. The molecule has 2 unspecified atom stereocenters. The SMILES string of the molecule is CCC(C)([N+](=O)[O-])C(C)(CC)[N+](=O)[O-]. The zero-order valence-electron chi connectivity index (χ0n) is 8.94. The highest BCUT2D eigenvalue weighted by atomic mass is 16.6. The molecule has 14 heavy (non-hydrogen) atoms. The lowest BCUT2D eigenvalue weighted by Gasteiger charge is -2.30. The summed E-state index contributed by atoms with van der Waals surface area (Å²) in [6.07, 6.45) is 0.288. The van der Waals surface area contributed by atoms with Crippen LogP contribution in [-0.4, -0.2) is 20.9 Å². The van der Waals surface area contributed by atoms with E-state index in [1.165, 1.54) is 13.8 Å². The lowest BCUT2D eigenvalue weighted by Crippen LogP contribution is -2.59. The summed E-state index contributed by atoms with van der Waals surface area (Å²) in [6, 6.07) is 0. The van der Waals surface area contributed by atoms with Gasteiger partial charge in [-0.05, 0) is 0 Å². The van der Waals surface area contributed by atoms with E-state index in [4.69, 9.17) is 0 Å². The molecule has 0 amide bonds. The predicted octanol–water partition coefficient (Wildman–Crippen LogP) is 1.88. The Morgan fingerprint density at radius 1 is 0.929 bits per heavy atom. The Labute approximate surface area is 82.6 Å². The minimum absolute atomic E-state index is 0.144. The molecule has 0 aliphatic rings. The Balaban J connectivity index is 5.37. The normalized spacial score (nSPS) is 19.4. The van der Waals surface area contributed by atoms with E-state index in [0.29, 0.717) is 0 Å². The third-order valence-corrected chi connectivity index (χ3v) is 3.34. The van der Waals surface area contributed by atoms with Crippen LogP contribution in [0.1, 0.15) is 40.5 Å². The maximum Gasteiger partial charge on any atom is 0.287 e. The van der Waals surface area contributed by atoms with Gasteiger partial charge in [0.25, 0.3) is 11.1 Å². The monoisotopic (exact) mass is 204 g/mol. The third-order valence-electron chi connectivity index (χ3n) is 3.34. The fourth-order valence-electron chi connectivity index (χ4n) is 1.41. The van der Waals surface area contributed by atoms with Crippen LogP contribution in [0.15, 0.2) is 0 Å². The van der Waals surface area contributed by atoms with Crippen molar-refractivity contribution in [2.45, 2.75) is 51.6 Å². The van der Waals surface area contributed by atoms with E-state index in [1.54, 1.807) is 13.8 Å². The van der Waals surface area contributed by atoms with Crippen molar-refractivity contribution >= 4 is 0 Å². The average molecular weight is 204 g/mol. The fraction of sp³-hybridized carbons (Fsp3) is 1.00. The van der Waals surface area contributed by atoms with Gasteiger partial charge in [0.15, 0.2) is 0 Å². The molecule has 2 atom stereocenters. The molecule has 0 aromatic rings. The van der Waals surface area contributed by atoms with Crippen LogP contribution in [0.3, 0.4) is 0 Å². The van der Waals surface area contributed by atoms with Gasteiger partial charge >= 0.3 is 0 Å². The van der Waals surface area contributed by atoms with E-state index in [-0.39, 0.29) is 12.8 Å². The van der Waals surface area contributed by atoms with Gasteiger partial charge in [0.2, 0.25) is 0 Å². The minimum Gasteiger partial charge on any atom is -0.264 e. The number of nitro groups is 2. The quantitative estimate of drug-likeness (QED) is 0.505. The molecule has 0 fully saturated rings. The largest absolute Gasteiger partial charge is 0.287 e. The van der Waals surface area contributed by atoms with Crippen LogP contribution in [0.2, 0.25) is 0 Å². The molecule has 0 spiro atoms. The van der Waals surface area contributed by atoms with Gasteiger partial charge in [-0.2, -0.15) is 0 Å². The van der Waals surface area contributed by atoms with Gasteiger partial charge in [-0.1, -0.05) is 13.8 Å². The second kappa shape index (κ2) is 3.89. The fourth-order valence-corrected chi connectivity index (χ4v) is 1.41. The summed E-state index contributed by atoms with van der Waals surface area (Å²) in [5.74, 6) is 0. The molecule has 0 aromatic heterocycles. The molecule has 0 radical (unpaired) electrons. The summed E-state index contributed by atoms with van der Waals surface area (Å²) in [6.45, 7) is 5.86. The topological polar surface area (TPSA) is 86.3 Å². The zero-order chi connectivity index (χ0) is 11.6. The van der Waals surface area contributed by atoms with Gasteiger partial charge in [0.1, 0.15) is 0 Å². The molecule has 0 aliphatic heterocycles. The minimum atomic E-state index is -1.51. The highest BCUT2D eigenvalue weighted by molar-refractivity contribution is 4.92. The Hall–Kier alpha value is -1.20. The van der Waals surface area contributed by atoms with E-state index in [1.807, 2.05) is 0 Å². The first-order valence-electron chi connectivity index (χ1n) is 4.55. The Kier molecular flexibility index (Phi) is 3.56. The molecule has 0 bridgehead atoms. The van der Waals surface area contributed by atoms with Crippen LogP contribution in [0.5, 0.6) is 0 Å². The first-order chi connectivity index (χ1) is 6.26. The van der Waals surface area contributed by atoms with Crippen LogP contribution < -0.4 is 0 Å². The maximum atomic E-state index is 10.9. The van der Waals surface area contributed by atoms with E-state index in [9.17, 15) is 20.2 Å². The number of hydrogen-bond donors (Lipinski definition) is 0. The second-order valence-electron chi connectivity index (χ2n) is 3.77. The lowest BCUT2D eigenvalue weighted by atomic mass is 9.76. The Morgan fingerprint density at radius 2 is 1.14 bits per heavy atom. The van der Waals surface area contributed by atoms with E-state index in [2.05, 4.69) is 0 Å². The molecule has 0 rings (SSSR count).